The van der Waals surface area contributed by atoms with Crippen LogP contribution in [0.3, 0.4) is 0 Å². The smallest absolute Gasteiger partial charge is 0.271 e. The Morgan fingerprint density at radius 3 is 2.58 bits per heavy atom. The second-order valence-electron chi connectivity index (χ2n) is 6.19. The number of rotatable bonds is 8. The molecule has 26 heavy (non-hydrogen) atoms. The first-order valence-electron chi connectivity index (χ1n) is 8.43. The Morgan fingerprint density at radius 2 is 1.92 bits per heavy atom. The summed E-state index contributed by atoms with van der Waals surface area (Å²) in [6, 6.07) is 11.4. The molecule has 2 rings (SSSR count). The summed E-state index contributed by atoms with van der Waals surface area (Å²) in [5, 5.41) is 13.2. The molecule has 2 aromatic rings. The van der Waals surface area contributed by atoms with Gasteiger partial charge in [-0.1, -0.05) is 13.8 Å². The lowest BCUT2D eigenvalue weighted by Crippen LogP contribution is -2.17. The minimum Gasteiger partial charge on any atom is -0.508 e. The Bertz CT molecular complexity index is 755. The summed E-state index contributed by atoms with van der Waals surface area (Å²) >= 11 is 0. The van der Waals surface area contributed by atoms with Crippen LogP contribution in [0.2, 0.25) is 0 Å². The maximum absolute atomic E-state index is 11.9. The van der Waals surface area contributed by atoms with Gasteiger partial charge in [0.25, 0.3) is 5.91 Å². The number of nitrogens with one attached hydrogen (secondary N) is 1. The Labute approximate surface area is 153 Å². The summed E-state index contributed by atoms with van der Waals surface area (Å²) < 4.78 is 11.1. The van der Waals surface area contributed by atoms with E-state index in [9.17, 15) is 9.90 Å². The molecule has 2 N–H and O–H groups in total. The molecule has 2 aromatic carbocycles. The molecule has 0 aliphatic rings. The summed E-state index contributed by atoms with van der Waals surface area (Å²) in [5.74, 6) is 1.61. The molecule has 138 valence electrons. The molecular weight excluding hydrogens is 332 g/mol. The average molecular weight is 356 g/mol. The molecule has 0 saturated heterocycles. The Balaban J connectivity index is 1.96. The number of amides is 1. The molecule has 0 aliphatic carbocycles. The number of hydrogen-bond donors (Lipinski definition) is 2. The number of hydrogen-bond acceptors (Lipinski definition) is 5. The molecule has 0 saturated carbocycles. The third-order valence-corrected chi connectivity index (χ3v) is 3.65. The number of phenols is 1. The average Bonchev–Trinajstić information content (AvgIpc) is 2.62. The quantitative estimate of drug-likeness (QED) is 0.559. The number of benzene rings is 2. The van der Waals surface area contributed by atoms with E-state index >= 15 is 0 Å². The number of carbonyl (C=O) groups excluding carboxylic acids is 1. The van der Waals surface area contributed by atoms with Crippen LogP contribution in [0.15, 0.2) is 47.6 Å². The Hall–Kier alpha value is -3.02. The lowest BCUT2D eigenvalue weighted by Gasteiger charge is -2.12. The molecule has 0 bridgehead atoms. The van der Waals surface area contributed by atoms with Crippen LogP contribution in [-0.4, -0.2) is 30.9 Å². The van der Waals surface area contributed by atoms with Crippen molar-refractivity contribution in [3.63, 3.8) is 0 Å². The third-order valence-electron chi connectivity index (χ3n) is 3.65. The van der Waals surface area contributed by atoms with Crippen LogP contribution in [0.25, 0.3) is 0 Å². The van der Waals surface area contributed by atoms with Crippen LogP contribution in [0, 0.1) is 5.92 Å². The minimum atomic E-state index is -0.359. The first-order valence-corrected chi connectivity index (χ1v) is 8.43. The van der Waals surface area contributed by atoms with Gasteiger partial charge in [-0.3, -0.25) is 4.79 Å². The molecule has 0 radical (unpaired) electrons. The highest BCUT2D eigenvalue weighted by Gasteiger charge is 2.06. The van der Waals surface area contributed by atoms with Crippen molar-refractivity contribution in [3.05, 3.63) is 53.6 Å². The monoisotopic (exact) mass is 356 g/mol. The van der Waals surface area contributed by atoms with Crippen LogP contribution >= 0.6 is 0 Å². The van der Waals surface area contributed by atoms with Gasteiger partial charge >= 0.3 is 0 Å². The van der Waals surface area contributed by atoms with Gasteiger partial charge in [-0.25, -0.2) is 5.43 Å². The van der Waals surface area contributed by atoms with Crippen molar-refractivity contribution in [1.82, 2.24) is 5.43 Å². The van der Waals surface area contributed by atoms with E-state index in [0.29, 0.717) is 29.6 Å². The molecule has 0 fully saturated rings. The summed E-state index contributed by atoms with van der Waals surface area (Å²) in [4.78, 5) is 11.9. The number of aromatic hydroxyl groups is 1. The lowest BCUT2D eigenvalue weighted by molar-refractivity contribution is 0.0955. The maximum atomic E-state index is 11.9. The highest BCUT2D eigenvalue weighted by Crippen LogP contribution is 2.27. The molecule has 0 aromatic heterocycles. The van der Waals surface area contributed by atoms with Gasteiger partial charge in [-0.2, -0.15) is 5.10 Å². The van der Waals surface area contributed by atoms with Crippen molar-refractivity contribution in [2.24, 2.45) is 11.0 Å². The van der Waals surface area contributed by atoms with Crippen molar-refractivity contribution in [3.8, 4) is 17.2 Å². The van der Waals surface area contributed by atoms with Crippen LogP contribution in [0.4, 0.5) is 0 Å². The van der Waals surface area contributed by atoms with E-state index in [2.05, 4.69) is 24.4 Å². The van der Waals surface area contributed by atoms with Gasteiger partial charge in [0.05, 0.1) is 19.9 Å². The highest BCUT2D eigenvalue weighted by molar-refractivity contribution is 5.95. The van der Waals surface area contributed by atoms with E-state index in [0.717, 1.165) is 12.0 Å². The van der Waals surface area contributed by atoms with Crippen molar-refractivity contribution in [1.29, 1.82) is 0 Å². The van der Waals surface area contributed by atoms with Crippen LogP contribution in [-0.2, 0) is 0 Å². The van der Waals surface area contributed by atoms with Crippen LogP contribution in [0.5, 0.6) is 17.2 Å². The second kappa shape index (κ2) is 9.46. The maximum Gasteiger partial charge on any atom is 0.271 e. The molecule has 0 aliphatic heterocycles. The highest BCUT2D eigenvalue weighted by atomic mass is 16.5. The molecule has 6 nitrogen and oxygen atoms in total. The topological polar surface area (TPSA) is 80.2 Å². The van der Waals surface area contributed by atoms with Gasteiger partial charge in [-0.05, 0) is 60.4 Å². The Kier molecular flexibility index (Phi) is 7.02. The predicted molar refractivity (Wildman–Crippen MR) is 101 cm³/mol. The molecule has 0 spiro atoms. The fourth-order valence-electron chi connectivity index (χ4n) is 2.13. The number of carbonyl (C=O) groups is 1. The zero-order valence-electron chi connectivity index (χ0n) is 15.2. The minimum absolute atomic E-state index is 0.104. The number of phenolic OH excluding ortho intramolecular Hbond substituents is 1. The first-order chi connectivity index (χ1) is 12.5. The third kappa shape index (κ3) is 5.81. The first kappa shape index (κ1) is 19.3. The molecule has 0 atom stereocenters. The zero-order chi connectivity index (χ0) is 18.9. The fraction of sp³-hybridized carbons (Fsp3) is 0.300. The summed E-state index contributed by atoms with van der Waals surface area (Å²) in [6.45, 7) is 4.92. The summed E-state index contributed by atoms with van der Waals surface area (Å²) in [6.07, 6.45) is 2.49. The molecule has 1 amide bonds. The number of methoxy groups -OCH3 is 1. The standard InChI is InChI=1S/C20H24N2O4/c1-14(2)10-11-26-18-9-4-15(12-19(18)25-3)13-21-22-20(24)16-5-7-17(23)8-6-16/h4-9,12-14,23H,10-11H2,1-3H3,(H,22,24)/b21-13+. The van der Waals surface area contributed by atoms with Crippen molar-refractivity contribution < 1.29 is 19.4 Å². The van der Waals surface area contributed by atoms with Gasteiger partial charge in [-0.15, -0.1) is 0 Å². The second-order valence-corrected chi connectivity index (χ2v) is 6.19. The van der Waals surface area contributed by atoms with Crippen molar-refractivity contribution in [2.75, 3.05) is 13.7 Å². The summed E-state index contributed by atoms with van der Waals surface area (Å²) in [5.41, 5.74) is 3.62. The van der Waals surface area contributed by atoms with Crippen molar-refractivity contribution in [2.45, 2.75) is 20.3 Å². The van der Waals surface area contributed by atoms with E-state index in [1.54, 1.807) is 13.2 Å². The Morgan fingerprint density at radius 1 is 1.19 bits per heavy atom. The van der Waals surface area contributed by atoms with E-state index in [1.807, 2.05) is 12.1 Å². The largest absolute Gasteiger partial charge is 0.508 e. The van der Waals surface area contributed by atoms with E-state index in [4.69, 9.17) is 9.47 Å². The normalized spacial score (nSPS) is 10.9. The van der Waals surface area contributed by atoms with Crippen LogP contribution < -0.4 is 14.9 Å². The SMILES string of the molecule is COc1cc(/C=N/NC(=O)c2ccc(O)cc2)ccc1OCCC(C)C. The van der Waals surface area contributed by atoms with E-state index in [1.165, 1.54) is 30.5 Å². The number of ether oxygens (including phenoxy) is 2. The molecule has 0 heterocycles. The van der Waals surface area contributed by atoms with E-state index in [-0.39, 0.29) is 11.7 Å². The van der Waals surface area contributed by atoms with Gasteiger partial charge in [0.1, 0.15) is 5.75 Å². The van der Waals surface area contributed by atoms with Gasteiger partial charge < -0.3 is 14.6 Å². The molecule has 0 unspecified atom stereocenters. The van der Waals surface area contributed by atoms with Crippen LogP contribution in [0.1, 0.15) is 36.2 Å². The van der Waals surface area contributed by atoms with Crippen molar-refractivity contribution >= 4 is 12.1 Å². The molecule has 6 heteroatoms. The predicted octanol–water partition coefficient (Wildman–Crippen LogP) is 3.59. The zero-order valence-corrected chi connectivity index (χ0v) is 15.2. The van der Waals surface area contributed by atoms with Gasteiger partial charge in [0.15, 0.2) is 11.5 Å². The van der Waals surface area contributed by atoms with Gasteiger partial charge in [0, 0.05) is 5.56 Å². The number of hydrazone groups is 1. The number of nitrogens with zero attached hydrogens (tertiary/aromatic N) is 1. The summed E-state index contributed by atoms with van der Waals surface area (Å²) in [7, 11) is 1.58. The van der Waals surface area contributed by atoms with Gasteiger partial charge in [0.2, 0.25) is 0 Å². The lowest BCUT2D eigenvalue weighted by atomic mass is 10.1. The van der Waals surface area contributed by atoms with E-state index < -0.39 is 0 Å². The fourth-order valence-corrected chi connectivity index (χ4v) is 2.13. The molecular formula is C20H24N2O4.